The number of hydrogen-bond acceptors (Lipinski definition) is 2. The van der Waals surface area contributed by atoms with Crippen LogP contribution in [0.15, 0.2) is 18.2 Å². The molecule has 2 nitrogen and oxygen atoms in total. The summed E-state index contributed by atoms with van der Waals surface area (Å²) >= 11 is 6.23. The third kappa shape index (κ3) is 3.11. The second kappa shape index (κ2) is 5.38. The van der Waals surface area contributed by atoms with Crippen molar-refractivity contribution in [2.75, 3.05) is 20.7 Å². The number of halogens is 1. The molecule has 15 heavy (non-hydrogen) atoms. The number of hydrogen-bond donors (Lipinski definition) is 0. The first-order valence-corrected chi connectivity index (χ1v) is 5.53. The lowest BCUT2D eigenvalue weighted by molar-refractivity contribution is 0.337. The van der Waals surface area contributed by atoms with Crippen LogP contribution in [0, 0.1) is 6.92 Å². The minimum atomic E-state index is -0.0839. The van der Waals surface area contributed by atoms with Gasteiger partial charge in [-0.15, -0.1) is 11.6 Å². The molecule has 0 heterocycles. The molecule has 1 rings (SSSR count). The molecule has 1 atom stereocenters. The molecular formula is C12H18ClNO. The summed E-state index contributed by atoms with van der Waals surface area (Å²) in [4.78, 5) is 1.97. The smallest absolute Gasteiger partial charge is 0.122 e. The van der Waals surface area contributed by atoms with E-state index in [0.29, 0.717) is 6.61 Å². The van der Waals surface area contributed by atoms with Crippen molar-refractivity contribution >= 4 is 11.6 Å². The van der Waals surface area contributed by atoms with Gasteiger partial charge in [0, 0.05) is 0 Å². The van der Waals surface area contributed by atoms with E-state index in [1.54, 1.807) is 0 Å². The topological polar surface area (TPSA) is 12.5 Å². The lowest BCUT2D eigenvalue weighted by Crippen LogP contribution is -2.14. The van der Waals surface area contributed by atoms with Crippen LogP contribution in [0.25, 0.3) is 0 Å². The number of rotatable bonds is 4. The van der Waals surface area contributed by atoms with E-state index >= 15 is 0 Å². The van der Waals surface area contributed by atoms with Gasteiger partial charge in [0.25, 0.3) is 0 Å². The number of alkyl halides is 1. The first-order valence-electron chi connectivity index (χ1n) is 5.10. The quantitative estimate of drug-likeness (QED) is 0.579. The van der Waals surface area contributed by atoms with Gasteiger partial charge in [-0.3, -0.25) is 4.90 Å². The molecule has 0 spiro atoms. The molecule has 1 aromatic carbocycles. The van der Waals surface area contributed by atoms with E-state index in [-0.39, 0.29) is 5.50 Å². The van der Waals surface area contributed by atoms with Crippen LogP contribution < -0.4 is 4.74 Å². The van der Waals surface area contributed by atoms with E-state index in [4.69, 9.17) is 16.3 Å². The Morgan fingerprint density at radius 1 is 1.40 bits per heavy atom. The number of ether oxygens (including phenoxy) is 1. The molecule has 0 aliphatic carbocycles. The highest BCUT2D eigenvalue weighted by Gasteiger charge is 2.11. The predicted octanol–water partition coefficient (Wildman–Crippen LogP) is 3.19. The largest absolute Gasteiger partial charge is 0.494 e. The van der Waals surface area contributed by atoms with Gasteiger partial charge in [0.1, 0.15) is 11.3 Å². The molecule has 84 valence electrons. The van der Waals surface area contributed by atoms with Gasteiger partial charge in [-0.1, -0.05) is 6.07 Å². The molecule has 0 fully saturated rings. The fourth-order valence-electron chi connectivity index (χ4n) is 1.44. The summed E-state index contributed by atoms with van der Waals surface area (Å²) in [6, 6.07) is 6.06. The summed E-state index contributed by atoms with van der Waals surface area (Å²) in [5, 5.41) is 0. The lowest BCUT2D eigenvalue weighted by Gasteiger charge is -2.19. The number of benzene rings is 1. The van der Waals surface area contributed by atoms with Gasteiger partial charge >= 0.3 is 0 Å². The third-order valence-electron chi connectivity index (χ3n) is 2.23. The molecule has 0 amide bonds. The molecule has 3 heteroatoms. The summed E-state index contributed by atoms with van der Waals surface area (Å²) in [7, 11) is 3.92. The standard InChI is InChI=1S/C12H18ClNO/c1-5-15-11-7-6-10(8-9(11)2)12(13)14(3)4/h6-8,12H,5H2,1-4H3. The first kappa shape index (κ1) is 12.3. The van der Waals surface area contributed by atoms with Crippen LogP contribution in [0.2, 0.25) is 0 Å². The maximum Gasteiger partial charge on any atom is 0.122 e. The Hall–Kier alpha value is -0.730. The Balaban J connectivity index is 2.90. The van der Waals surface area contributed by atoms with Crippen molar-refractivity contribution < 1.29 is 4.74 Å². The van der Waals surface area contributed by atoms with Crippen molar-refractivity contribution in [1.29, 1.82) is 0 Å². The van der Waals surface area contributed by atoms with Crippen LogP contribution in [-0.4, -0.2) is 25.6 Å². The zero-order chi connectivity index (χ0) is 11.4. The van der Waals surface area contributed by atoms with E-state index in [2.05, 4.69) is 6.07 Å². The molecule has 0 saturated heterocycles. The Morgan fingerprint density at radius 2 is 2.07 bits per heavy atom. The van der Waals surface area contributed by atoms with Crippen molar-refractivity contribution in [1.82, 2.24) is 4.90 Å². The number of aryl methyl sites for hydroxylation is 1. The van der Waals surface area contributed by atoms with Crippen molar-refractivity contribution in [2.45, 2.75) is 19.3 Å². The van der Waals surface area contributed by atoms with Gasteiger partial charge in [-0.25, -0.2) is 0 Å². The molecule has 0 N–H and O–H groups in total. The Bertz CT molecular complexity index is 325. The fraction of sp³-hybridized carbons (Fsp3) is 0.500. The molecular weight excluding hydrogens is 210 g/mol. The van der Waals surface area contributed by atoms with Crippen molar-refractivity contribution in [3.05, 3.63) is 29.3 Å². The molecule has 0 bridgehead atoms. The SMILES string of the molecule is CCOc1ccc(C(Cl)N(C)C)cc1C. The average molecular weight is 228 g/mol. The van der Waals surface area contributed by atoms with Crippen LogP contribution in [0.3, 0.4) is 0 Å². The van der Waals surface area contributed by atoms with Crippen molar-refractivity contribution in [3.8, 4) is 5.75 Å². The second-order valence-corrected chi connectivity index (χ2v) is 4.17. The minimum absolute atomic E-state index is 0.0839. The highest BCUT2D eigenvalue weighted by Crippen LogP contribution is 2.27. The van der Waals surface area contributed by atoms with E-state index in [9.17, 15) is 0 Å². The van der Waals surface area contributed by atoms with E-state index in [0.717, 1.165) is 16.9 Å². The maximum absolute atomic E-state index is 6.23. The molecule has 0 radical (unpaired) electrons. The lowest BCUT2D eigenvalue weighted by atomic mass is 10.1. The van der Waals surface area contributed by atoms with E-state index in [1.807, 2.05) is 45.0 Å². The van der Waals surface area contributed by atoms with Crippen LogP contribution in [0.4, 0.5) is 0 Å². The summed E-state index contributed by atoms with van der Waals surface area (Å²) in [5.74, 6) is 0.934. The second-order valence-electron chi connectivity index (χ2n) is 3.76. The zero-order valence-electron chi connectivity index (χ0n) is 9.75. The molecule has 0 aliphatic rings. The van der Waals surface area contributed by atoms with Gasteiger partial charge in [0.15, 0.2) is 0 Å². The van der Waals surface area contributed by atoms with Crippen molar-refractivity contribution in [2.24, 2.45) is 0 Å². The zero-order valence-corrected chi connectivity index (χ0v) is 10.5. The highest BCUT2D eigenvalue weighted by molar-refractivity contribution is 6.20. The summed E-state index contributed by atoms with van der Waals surface area (Å²) in [6.45, 7) is 4.71. The molecule has 0 saturated carbocycles. The van der Waals surface area contributed by atoms with Crippen LogP contribution >= 0.6 is 11.6 Å². The van der Waals surface area contributed by atoms with Gasteiger partial charge in [0.05, 0.1) is 6.61 Å². The monoisotopic (exact) mass is 227 g/mol. The minimum Gasteiger partial charge on any atom is -0.494 e. The van der Waals surface area contributed by atoms with Crippen molar-refractivity contribution in [3.63, 3.8) is 0 Å². The normalized spacial score (nSPS) is 12.9. The fourth-order valence-corrected chi connectivity index (χ4v) is 1.57. The van der Waals surface area contributed by atoms with E-state index in [1.165, 1.54) is 0 Å². The maximum atomic E-state index is 6.23. The van der Waals surface area contributed by atoms with Crippen LogP contribution in [-0.2, 0) is 0 Å². The summed E-state index contributed by atoms with van der Waals surface area (Å²) < 4.78 is 5.48. The molecule has 1 aromatic rings. The first-order chi connectivity index (χ1) is 7.06. The predicted molar refractivity (Wildman–Crippen MR) is 64.6 cm³/mol. The molecule has 1 unspecified atom stereocenters. The Morgan fingerprint density at radius 3 is 2.53 bits per heavy atom. The van der Waals surface area contributed by atoms with Crippen LogP contribution in [0.5, 0.6) is 5.75 Å². The molecule has 0 aliphatic heterocycles. The molecule has 0 aromatic heterocycles. The highest BCUT2D eigenvalue weighted by atomic mass is 35.5. The van der Waals surface area contributed by atoms with Gasteiger partial charge < -0.3 is 4.74 Å². The summed E-state index contributed by atoms with van der Waals surface area (Å²) in [6.07, 6.45) is 0. The number of nitrogens with zero attached hydrogens (tertiary/aromatic N) is 1. The Labute approximate surface area is 96.8 Å². The Kier molecular flexibility index (Phi) is 4.43. The third-order valence-corrected chi connectivity index (χ3v) is 2.87. The van der Waals surface area contributed by atoms with Gasteiger partial charge in [0.2, 0.25) is 0 Å². The average Bonchev–Trinajstić information content (AvgIpc) is 2.20. The van der Waals surface area contributed by atoms with Crippen LogP contribution in [0.1, 0.15) is 23.6 Å². The van der Waals surface area contributed by atoms with E-state index < -0.39 is 0 Å². The van der Waals surface area contributed by atoms with Gasteiger partial charge in [-0.05, 0) is 51.2 Å². The van der Waals surface area contributed by atoms with Gasteiger partial charge in [-0.2, -0.15) is 0 Å². The summed E-state index contributed by atoms with van der Waals surface area (Å²) in [5.41, 5.74) is 2.14.